The van der Waals surface area contributed by atoms with Crippen LogP contribution in [-0.4, -0.2) is 59.0 Å². The number of fused-ring (bicyclic) bond motifs is 1. The summed E-state index contributed by atoms with van der Waals surface area (Å²) in [7, 11) is 3.46. The molecule has 0 bridgehead atoms. The molecule has 7 heteroatoms. The number of likely N-dealkylation sites (N-methyl/N-ethyl adjacent to an activating group) is 1. The minimum atomic E-state index is -0.950. The van der Waals surface area contributed by atoms with Crippen LogP contribution in [0.2, 0.25) is 0 Å². The third-order valence-electron chi connectivity index (χ3n) is 5.89. The fourth-order valence-electron chi connectivity index (χ4n) is 4.20. The molecule has 1 fully saturated rings. The lowest BCUT2D eigenvalue weighted by molar-refractivity contribution is -0.137. The van der Waals surface area contributed by atoms with E-state index in [1.807, 2.05) is 37.4 Å². The van der Waals surface area contributed by atoms with Gasteiger partial charge in [0.15, 0.2) is 0 Å². The van der Waals surface area contributed by atoms with E-state index in [0.717, 1.165) is 33.3 Å². The van der Waals surface area contributed by atoms with E-state index in [9.17, 15) is 14.7 Å². The number of nitrogens with one attached hydrogen (secondary N) is 1. The number of H-pyrrole nitrogens is 1. The molecule has 0 radical (unpaired) electrons. The number of aryl methyl sites for hydroxylation is 1. The quantitative estimate of drug-likeness (QED) is 0.678. The number of rotatable bonds is 5. The zero-order valence-corrected chi connectivity index (χ0v) is 17.3. The Kier molecular flexibility index (Phi) is 5.22. The molecule has 1 aliphatic heterocycles. The predicted molar refractivity (Wildman–Crippen MR) is 114 cm³/mol. The standard InChI is InChI=1S/C23H25N3O4/c1-14-10-20(30-3)18(17-8-9-24-22(14)17)11-26-13-21(27)25(2)12-19(26)15-4-6-16(7-5-15)23(28)29/h4-10,19,24H,11-13H2,1-3H3,(H,28,29)/t19-/m0/s1. The first-order valence-corrected chi connectivity index (χ1v) is 9.84. The maximum absolute atomic E-state index is 12.5. The normalized spacial score (nSPS) is 17.5. The number of ether oxygens (including phenoxy) is 1. The van der Waals surface area contributed by atoms with Crippen molar-refractivity contribution in [3.8, 4) is 5.75 Å². The van der Waals surface area contributed by atoms with Gasteiger partial charge >= 0.3 is 5.97 Å². The highest BCUT2D eigenvalue weighted by Crippen LogP contribution is 2.35. The van der Waals surface area contributed by atoms with E-state index in [1.165, 1.54) is 0 Å². The molecule has 1 aliphatic rings. The summed E-state index contributed by atoms with van der Waals surface area (Å²) in [6.45, 7) is 3.40. The smallest absolute Gasteiger partial charge is 0.335 e. The maximum atomic E-state index is 12.5. The van der Waals surface area contributed by atoms with Crippen molar-refractivity contribution in [3.05, 3.63) is 64.8 Å². The van der Waals surface area contributed by atoms with Crippen molar-refractivity contribution >= 4 is 22.8 Å². The number of piperazine rings is 1. The molecule has 2 aromatic carbocycles. The van der Waals surface area contributed by atoms with Gasteiger partial charge in [-0.05, 0) is 42.3 Å². The molecule has 7 nitrogen and oxygen atoms in total. The molecule has 0 spiro atoms. The Morgan fingerprint density at radius 3 is 2.67 bits per heavy atom. The number of hydrogen-bond acceptors (Lipinski definition) is 4. The molecule has 156 valence electrons. The summed E-state index contributed by atoms with van der Waals surface area (Å²) in [6.07, 6.45) is 1.91. The van der Waals surface area contributed by atoms with Gasteiger partial charge in [0.2, 0.25) is 5.91 Å². The van der Waals surface area contributed by atoms with Gasteiger partial charge in [0.1, 0.15) is 5.75 Å². The van der Waals surface area contributed by atoms with E-state index in [0.29, 0.717) is 13.1 Å². The van der Waals surface area contributed by atoms with Crippen LogP contribution in [0, 0.1) is 6.92 Å². The van der Waals surface area contributed by atoms with Gasteiger partial charge in [-0.25, -0.2) is 4.79 Å². The summed E-state index contributed by atoms with van der Waals surface area (Å²) in [5, 5.41) is 10.3. The van der Waals surface area contributed by atoms with E-state index in [-0.39, 0.29) is 24.1 Å². The molecular weight excluding hydrogens is 382 g/mol. The summed E-state index contributed by atoms with van der Waals surface area (Å²) in [5.74, 6) is -0.0932. The van der Waals surface area contributed by atoms with Crippen LogP contribution < -0.4 is 4.74 Å². The summed E-state index contributed by atoms with van der Waals surface area (Å²) in [6, 6.07) is 10.9. The van der Waals surface area contributed by atoms with Gasteiger partial charge in [-0.1, -0.05) is 12.1 Å². The Balaban J connectivity index is 1.73. The minimum absolute atomic E-state index is 0.0458. The van der Waals surface area contributed by atoms with Crippen LogP contribution in [-0.2, 0) is 11.3 Å². The van der Waals surface area contributed by atoms with Crippen molar-refractivity contribution in [1.82, 2.24) is 14.8 Å². The fraction of sp³-hybridized carbons (Fsp3) is 0.304. The van der Waals surface area contributed by atoms with Gasteiger partial charge in [0.25, 0.3) is 0 Å². The number of amides is 1. The molecule has 1 atom stereocenters. The van der Waals surface area contributed by atoms with E-state index in [4.69, 9.17) is 4.74 Å². The van der Waals surface area contributed by atoms with Gasteiger partial charge in [0, 0.05) is 42.8 Å². The van der Waals surface area contributed by atoms with Crippen molar-refractivity contribution in [3.63, 3.8) is 0 Å². The third kappa shape index (κ3) is 3.52. The molecule has 0 aliphatic carbocycles. The van der Waals surface area contributed by atoms with Crippen LogP contribution in [0.25, 0.3) is 10.9 Å². The van der Waals surface area contributed by atoms with Crippen molar-refractivity contribution < 1.29 is 19.4 Å². The zero-order chi connectivity index (χ0) is 21.4. The van der Waals surface area contributed by atoms with Gasteiger partial charge in [0.05, 0.1) is 25.3 Å². The third-order valence-corrected chi connectivity index (χ3v) is 5.89. The highest BCUT2D eigenvalue weighted by Gasteiger charge is 2.32. The lowest BCUT2D eigenvalue weighted by Gasteiger charge is -2.40. The number of aromatic nitrogens is 1. The number of benzene rings is 2. The fourth-order valence-corrected chi connectivity index (χ4v) is 4.20. The van der Waals surface area contributed by atoms with Crippen LogP contribution in [0.15, 0.2) is 42.6 Å². The molecule has 30 heavy (non-hydrogen) atoms. The Morgan fingerprint density at radius 2 is 2.00 bits per heavy atom. The molecule has 1 amide bonds. The summed E-state index contributed by atoms with van der Waals surface area (Å²) in [4.78, 5) is 30.9. The van der Waals surface area contributed by atoms with E-state index in [1.54, 1.807) is 31.2 Å². The first kappa shape index (κ1) is 20.0. The van der Waals surface area contributed by atoms with Crippen LogP contribution >= 0.6 is 0 Å². The average Bonchev–Trinajstić information content (AvgIpc) is 3.23. The minimum Gasteiger partial charge on any atom is -0.496 e. The summed E-state index contributed by atoms with van der Waals surface area (Å²) >= 11 is 0. The molecular formula is C23H25N3O4. The lowest BCUT2D eigenvalue weighted by Crippen LogP contribution is -2.50. The topological polar surface area (TPSA) is 85.9 Å². The van der Waals surface area contributed by atoms with Crippen molar-refractivity contribution in [2.45, 2.75) is 19.5 Å². The highest BCUT2D eigenvalue weighted by molar-refractivity contribution is 5.88. The van der Waals surface area contributed by atoms with Crippen molar-refractivity contribution in [2.75, 3.05) is 27.2 Å². The number of aromatic carboxylic acids is 1. The van der Waals surface area contributed by atoms with Gasteiger partial charge in [-0.3, -0.25) is 9.69 Å². The molecule has 1 saturated heterocycles. The number of nitrogens with zero attached hydrogens (tertiary/aromatic N) is 2. The first-order chi connectivity index (χ1) is 14.4. The average molecular weight is 407 g/mol. The molecule has 4 rings (SSSR count). The molecule has 0 saturated carbocycles. The number of carbonyl (C=O) groups is 2. The largest absolute Gasteiger partial charge is 0.496 e. The first-order valence-electron chi connectivity index (χ1n) is 9.84. The Hall–Kier alpha value is -3.32. The number of hydrogen-bond donors (Lipinski definition) is 2. The number of aromatic amines is 1. The lowest BCUT2D eigenvalue weighted by atomic mass is 9.98. The summed E-state index contributed by atoms with van der Waals surface area (Å²) < 4.78 is 5.68. The maximum Gasteiger partial charge on any atom is 0.335 e. The van der Waals surface area contributed by atoms with Crippen LogP contribution in [0.4, 0.5) is 0 Å². The number of methoxy groups -OCH3 is 1. The molecule has 0 unspecified atom stereocenters. The van der Waals surface area contributed by atoms with Gasteiger partial charge in [-0.2, -0.15) is 0 Å². The Morgan fingerprint density at radius 1 is 1.27 bits per heavy atom. The van der Waals surface area contributed by atoms with Crippen molar-refractivity contribution in [1.29, 1.82) is 0 Å². The second-order valence-corrected chi connectivity index (χ2v) is 7.76. The van der Waals surface area contributed by atoms with E-state index in [2.05, 4.69) is 9.88 Å². The van der Waals surface area contributed by atoms with E-state index < -0.39 is 5.97 Å². The van der Waals surface area contributed by atoms with E-state index >= 15 is 0 Å². The molecule has 1 aromatic heterocycles. The zero-order valence-electron chi connectivity index (χ0n) is 17.3. The predicted octanol–water partition coefficient (Wildman–Crippen LogP) is 3.20. The second-order valence-electron chi connectivity index (χ2n) is 7.76. The second kappa shape index (κ2) is 7.84. The number of carbonyl (C=O) groups excluding carboxylic acids is 1. The molecule has 3 aromatic rings. The molecule has 2 N–H and O–H groups in total. The monoisotopic (exact) mass is 407 g/mol. The van der Waals surface area contributed by atoms with Crippen LogP contribution in [0.3, 0.4) is 0 Å². The number of carboxylic acids is 1. The van der Waals surface area contributed by atoms with Crippen LogP contribution in [0.1, 0.15) is 33.1 Å². The summed E-state index contributed by atoms with van der Waals surface area (Å²) in [5.41, 5.74) is 4.43. The van der Waals surface area contributed by atoms with Gasteiger partial charge in [-0.15, -0.1) is 0 Å². The SMILES string of the molecule is COc1cc(C)c2[nH]ccc2c1CN1CC(=O)N(C)C[C@H]1c1ccc(C(=O)O)cc1. The number of carboxylic acid groups (broad SMARTS) is 1. The Bertz CT molecular complexity index is 1100. The van der Waals surface area contributed by atoms with Crippen molar-refractivity contribution in [2.24, 2.45) is 0 Å². The van der Waals surface area contributed by atoms with Gasteiger partial charge < -0.3 is 19.7 Å². The highest BCUT2D eigenvalue weighted by atomic mass is 16.5. The Labute approximate surface area is 174 Å². The van der Waals surface area contributed by atoms with Crippen LogP contribution in [0.5, 0.6) is 5.75 Å². The molecule has 2 heterocycles.